The van der Waals surface area contributed by atoms with E-state index in [2.05, 4.69) is 6.58 Å². The molecule has 0 aromatic heterocycles. The van der Waals surface area contributed by atoms with Crippen LogP contribution in [0.15, 0.2) is 36.9 Å². The zero-order valence-corrected chi connectivity index (χ0v) is 19.9. The maximum Gasteiger partial charge on any atom is 0.160 e. The van der Waals surface area contributed by atoms with Crippen molar-refractivity contribution in [2.24, 2.45) is 29.6 Å². The number of benzene rings is 1. The van der Waals surface area contributed by atoms with Gasteiger partial charge in [-0.25, -0.2) is 4.39 Å². The number of allylic oxidation sites excluding steroid dienone is 1. The van der Waals surface area contributed by atoms with E-state index in [1.54, 1.807) is 12.1 Å². The number of aryl methyl sites for hydroxylation is 1. The summed E-state index contributed by atoms with van der Waals surface area (Å²) in [5, 5.41) is 0. The Morgan fingerprint density at radius 2 is 1.38 bits per heavy atom. The van der Waals surface area contributed by atoms with Crippen molar-refractivity contribution in [3.8, 4) is 0 Å². The van der Waals surface area contributed by atoms with Gasteiger partial charge in [0, 0.05) is 11.8 Å². The molecule has 2 saturated carbocycles. The Morgan fingerprint density at radius 3 is 2.00 bits per heavy atom. The second-order valence-corrected chi connectivity index (χ2v) is 10.7. The standard InChI is InChI=1S/C29H43FO2/c1-2-3-4-5-24-20-31-29(32-21-24)27-16-14-26(15-17-27)25-12-8-22(9-13-25)6-7-23-10-18-28(30)19-11-23/h2,10-11,18-19,22,24-27,29H,1,3-9,12-17,20-21H2/t22-,24-,25-,26-,27-,29-. The summed E-state index contributed by atoms with van der Waals surface area (Å²) in [6, 6.07) is 7.08. The van der Waals surface area contributed by atoms with E-state index >= 15 is 0 Å². The molecule has 3 heteroatoms. The first-order valence-electron chi connectivity index (χ1n) is 13.3. The summed E-state index contributed by atoms with van der Waals surface area (Å²) in [5.74, 6) is 3.75. The third kappa shape index (κ3) is 6.90. The van der Waals surface area contributed by atoms with Crippen LogP contribution in [0.4, 0.5) is 4.39 Å². The molecule has 4 rings (SSSR count). The van der Waals surface area contributed by atoms with Crippen molar-refractivity contribution < 1.29 is 13.9 Å². The van der Waals surface area contributed by atoms with Crippen LogP contribution in [-0.2, 0) is 15.9 Å². The third-order valence-corrected chi connectivity index (χ3v) is 8.53. The summed E-state index contributed by atoms with van der Waals surface area (Å²) in [7, 11) is 0. The predicted octanol–water partition coefficient (Wildman–Crippen LogP) is 7.72. The van der Waals surface area contributed by atoms with E-state index in [1.165, 1.54) is 76.2 Å². The molecule has 2 nitrogen and oxygen atoms in total. The van der Waals surface area contributed by atoms with Crippen LogP contribution < -0.4 is 0 Å². The molecule has 0 amide bonds. The van der Waals surface area contributed by atoms with E-state index in [0.717, 1.165) is 43.8 Å². The topological polar surface area (TPSA) is 18.5 Å². The average molecular weight is 443 g/mol. The van der Waals surface area contributed by atoms with Crippen LogP contribution in [0.5, 0.6) is 0 Å². The minimum absolute atomic E-state index is 0.0498. The third-order valence-electron chi connectivity index (χ3n) is 8.53. The van der Waals surface area contributed by atoms with Crippen LogP contribution in [0.2, 0.25) is 0 Å². The first kappa shape index (κ1) is 24.0. The van der Waals surface area contributed by atoms with Gasteiger partial charge < -0.3 is 9.47 Å². The first-order valence-corrected chi connectivity index (χ1v) is 13.3. The minimum atomic E-state index is -0.131. The highest BCUT2D eigenvalue weighted by molar-refractivity contribution is 5.16. The van der Waals surface area contributed by atoms with E-state index < -0.39 is 0 Å². The number of rotatable bonds is 9. The molecule has 0 atom stereocenters. The highest BCUT2D eigenvalue weighted by Crippen LogP contribution is 2.43. The first-order chi connectivity index (χ1) is 15.7. The molecule has 1 aromatic rings. The lowest BCUT2D eigenvalue weighted by Crippen LogP contribution is -2.39. The van der Waals surface area contributed by atoms with Gasteiger partial charge in [-0.15, -0.1) is 6.58 Å². The van der Waals surface area contributed by atoms with Crippen molar-refractivity contribution in [2.45, 2.75) is 89.8 Å². The van der Waals surface area contributed by atoms with Gasteiger partial charge >= 0.3 is 0 Å². The maximum atomic E-state index is 13.1. The summed E-state index contributed by atoms with van der Waals surface area (Å²) in [6.07, 6.45) is 18.8. The lowest BCUT2D eigenvalue weighted by Gasteiger charge is -2.41. The fraction of sp³-hybridized carbons (Fsp3) is 0.724. The van der Waals surface area contributed by atoms with Crippen molar-refractivity contribution in [1.82, 2.24) is 0 Å². The van der Waals surface area contributed by atoms with Crippen molar-refractivity contribution in [3.05, 3.63) is 48.3 Å². The van der Waals surface area contributed by atoms with Gasteiger partial charge in [-0.3, -0.25) is 0 Å². The number of hydrogen-bond acceptors (Lipinski definition) is 2. The normalized spacial score (nSPS) is 33.7. The van der Waals surface area contributed by atoms with Crippen molar-refractivity contribution >= 4 is 0 Å². The quantitative estimate of drug-likeness (QED) is 0.288. The Bertz CT molecular complexity index is 663. The lowest BCUT2D eigenvalue weighted by atomic mass is 9.68. The van der Waals surface area contributed by atoms with Crippen molar-refractivity contribution in [3.63, 3.8) is 0 Å². The van der Waals surface area contributed by atoms with Crippen LogP contribution >= 0.6 is 0 Å². The molecule has 1 heterocycles. The molecule has 32 heavy (non-hydrogen) atoms. The van der Waals surface area contributed by atoms with Gasteiger partial charge in [0.15, 0.2) is 6.29 Å². The largest absolute Gasteiger partial charge is 0.352 e. The van der Waals surface area contributed by atoms with Crippen LogP contribution in [0.25, 0.3) is 0 Å². The summed E-state index contributed by atoms with van der Waals surface area (Å²) in [4.78, 5) is 0. The Labute approximate surface area is 195 Å². The minimum Gasteiger partial charge on any atom is -0.352 e. The smallest absolute Gasteiger partial charge is 0.160 e. The van der Waals surface area contributed by atoms with Crippen molar-refractivity contribution in [2.75, 3.05) is 13.2 Å². The molecule has 178 valence electrons. The Hall–Kier alpha value is -1.19. The summed E-state index contributed by atoms with van der Waals surface area (Å²) >= 11 is 0. The zero-order chi connectivity index (χ0) is 22.2. The van der Waals surface area contributed by atoms with Crippen molar-refractivity contribution in [1.29, 1.82) is 0 Å². The van der Waals surface area contributed by atoms with E-state index in [1.807, 2.05) is 18.2 Å². The van der Waals surface area contributed by atoms with Crippen LogP contribution in [0.1, 0.15) is 82.6 Å². The molecule has 1 aromatic carbocycles. The van der Waals surface area contributed by atoms with Gasteiger partial charge in [-0.1, -0.05) is 31.1 Å². The Kier molecular flexibility index (Phi) is 9.22. The molecule has 1 aliphatic heterocycles. The molecule has 0 unspecified atom stereocenters. The molecule has 0 radical (unpaired) electrons. The lowest BCUT2D eigenvalue weighted by molar-refractivity contribution is -0.230. The van der Waals surface area contributed by atoms with Crippen LogP contribution in [0.3, 0.4) is 0 Å². The predicted molar refractivity (Wildman–Crippen MR) is 129 cm³/mol. The van der Waals surface area contributed by atoms with E-state index in [0.29, 0.717) is 11.8 Å². The van der Waals surface area contributed by atoms with Gasteiger partial charge in [0.05, 0.1) is 13.2 Å². The van der Waals surface area contributed by atoms with Gasteiger partial charge in [0.2, 0.25) is 0 Å². The summed E-state index contributed by atoms with van der Waals surface area (Å²) in [5.41, 5.74) is 1.28. The summed E-state index contributed by atoms with van der Waals surface area (Å²) in [6.45, 7) is 5.57. The summed E-state index contributed by atoms with van der Waals surface area (Å²) < 4.78 is 25.4. The molecule has 0 spiro atoms. The highest BCUT2D eigenvalue weighted by Gasteiger charge is 2.35. The maximum absolute atomic E-state index is 13.1. The highest BCUT2D eigenvalue weighted by atomic mass is 19.1. The molecule has 0 bridgehead atoms. The molecule has 3 aliphatic rings. The molecule has 3 fully saturated rings. The van der Waals surface area contributed by atoms with Crippen LogP contribution in [-0.4, -0.2) is 19.5 Å². The van der Waals surface area contributed by atoms with E-state index in [9.17, 15) is 4.39 Å². The van der Waals surface area contributed by atoms with Gasteiger partial charge in [0.1, 0.15) is 5.82 Å². The van der Waals surface area contributed by atoms with E-state index in [4.69, 9.17) is 9.47 Å². The second kappa shape index (κ2) is 12.3. The van der Waals surface area contributed by atoms with Crippen LogP contribution in [0, 0.1) is 35.4 Å². The van der Waals surface area contributed by atoms with Gasteiger partial charge in [-0.2, -0.15) is 0 Å². The number of unbranched alkanes of at least 4 members (excludes halogenated alkanes) is 1. The van der Waals surface area contributed by atoms with Gasteiger partial charge in [-0.05, 0) is 106 Å². The zero-order valence-electron chi connectivity index (χ0n) is 19.9. The Morgan fingerprint density at radius 1 is 0.781 bits per heavy atom. The number of halogens is 1. The molecule has 2 aliphatic carbocycles. The number of hydrogen-bond donors (Lipinski definition) is 0. The van der Waals surface area contributed by atoms with Gasteiger partial charge in [0.25, 0.3) is 0 Å². The average Bonchev–Trinajstić information content (AvgIpc) is 2.85. The Balaban J connectivity index is 1.11. The fourth-order valence-corrected chi connectivity index (χ4v) is 6.41. The molecular formula is C29H43FO2. The molecule has 0 N–H and O–H groups in total. The van der Waals surface area contributed by atoms with E-state index in [-0.39, 0.29) is 12.1 Å². The SMILES string of the molecule is C=CCCC[C@H]1CO[C@H]([C@H]2CC[C@H]([C@H]3CC[C@H](CCc4ccc(F)cc4)CC3)CC2)OC1. The number of ether oxygens (including phenoxy) is 2. The molecular weight excluding hydrogens is 399 g/mol. The monoisotopic (exact) mass is 442 g/mol. The fourth-order valence-electron chi connectivity index (χ4n) is 6.41. The molecule has 1 saturated heterocycles. The second-order valence-electron chi connectivity index (χ2n) is 10.7.